The number of carbonyl (C=O) groups is 2. The largest absolute Gasteiger partial charge is 0.505 e. The molecule has 1 aromatic carbocycles. The number of rotatable bonds is 3. The second kappa shape index (κ2) is 5.89. The molecule has 0 bridgehead atoms. The number of phenols is 1. The monoisotopic (exact) mass is 287 g/mol. The molecule has 96 valence electrons. The molecule has 0 atom stereocenters. The number of halogens is 2. The van der Waals surface area contributed by atoms with Crippen LogP contribution in [0.4, 0.5) is 0 Å². The molecule has 1 rings (SSSR count). The van der Waals surface area contributed by atoms with Crippen molar-refractivity contribution in [1.29, 1.82) is 0 Å². The molecular formula is C12H11Cl2NO3. The summed E-state index contributed by atoms with van der Waals surface area (Å²) in [4.78, 5) is 22.8. The van der Waals surface area contributed by atoms with Gasteiger partial charge < -0.3 is 10.4 Å². The van der Waals surface area contributed by atoms with Crippen molar-refractivity contribution in [2.45, 2.75) is 6.92 Å². The molecule has 0 saturated carbocycles. The molecule has 0 heterocycles. The molecule has 18 heavy (non-hydrogen) atoms. The Labute approximate surface area is 114 Å². The maximum Gasteiger partial charge on any atom is 0.254 e. The van der Waals surface area contributed by atoms with E-state index in [1.165, 1.54) is 32.2 Å². The molecule has 1 amide bonds. The molecule has 2 N–H and O–H groups in total. The highest BCUT2D eigenvalue weighted by atomic mass is 35.5. The van der Waals surface area contributed by atoms with Gasteiger partial charge in [0, 0.05) is 7.05 Å². The molecule has 0 saturated heterocycles. The summed E-state index contributed by atoms with van der Waals surface area (Å²) in [5.41, 5.74) is 0.437. The number of hydrogen-bond acceptors (Lipinski definition) is 3. The zero-order valence-corrected chi connectivity index (χ0v) is 11.3. The maximum absolute atomic E-state index is 11.5. The number of benzene rings is 1. The van der Waals surface area contributed by atoms with Crippen molar-refractivity contribution in [2.75, 3.05) is 7.05 Å². The highest BCUT2D eigenvalue weighted by Crippen LogP contribution is 2.33. The Morgan fingerprint density at radius 1 is 1.28 bits per heavy atom. The van der Waals surface area contributed by atoms with E-state index in [-0.39, 0.29) is 27.2 Å². The maximum atomic E-state index is 11.5. The number of hydrogen-bond donors (Lipinski definition) is 2. The Kier molecular flexibility index (Phi) is 4.76. The Morgan fingerprint density at radius 2 is 1.78 bits per heavy atom. The van der Waals surface area contributed by atoms with Crippen molar-refractivity contribution < 1.29 is 14.7 Å². The van der Waals surface area contributed by atoms with Gasteiger partial charge in [-0.2, -0.15) is 0 Å². The number of carbonyl (C=O) groups excluding carboxylic acids is 2. The quantitative estimate of drug-likeness (QED) is 0.510. The van der Waals surface area contributed by atoms with Gasteiger partial charge in [0.05, 0.1) is 15.6 Å². The fourth-order valence-corrected chi connectivity index (χ4v) is 1.80. The first-order valence-corrected chi connectivity index (χ1v) is 5.75. The Bertz CT molecular complexity index is 515. The van der Waals surface area contributed by atoms with Crippen LogP contribution in [-0.4, -0.2) is 23.8 Å². The average Bonchev–Trinajstić information content (AvgIpc) is 2.31. The summed E-state index contributed by atoms with van der Waals surface area (Å²) in [6.45, 7) is 1.28. The van der Waals surface area contributed by atoms with Gasteiger partial charge in [0.15, 0.2) is 11.5 Å². The molecule has 0 spiro atoms. The average molecular weight is 288 g/mol. The van der Waals surface area contributed by atoms with Gasteiger partial charge in [-0.3, -0.25) is 9.59 Å². The number of likely N-dealkylation sites (N-methyl/N-ethyl adjacent to an activating group) is 1. The topological polar surface area (TPSA) is 66.4 Å². The lowest BCUT2D eigenvalue weighted by Crippen LogP contribution is -2.23. The minimum absolute atomic E-state index is 0.0182. The minimum atomic E-state index is -0.497. The van der Waals surface area contributed by atoms with Crippen LogP contribution in [0.3, 0.4) is 0 Å². The van der Waals surface area contributed by atoms with Crippen LogP contribution in [0.1, 0.15) is 12.5 Å². The van der Waals surface area contributed by atoms with Crippen molar-refractivity contribution in [3.63, 3.8) is 0 Å². The fourth-order valence-electron chi connectivity index (χ4n) is 1.30. The minimum Gasteiger partial charge on any atom is -0.505 e. The van der Waals surface area contributed by atoms with Crippen LogP contribution in [0.5, 0.6) is 5.75 Å². The summed E-state index contributed by atoms with van der Waals surface area (Å²) in [5.74, 6) is -1.11. The first-order valence-electron chi connectivity index (χ1n) is 4.99. The number of nitrogens with one attached hydrogen (secondary N) is 1. The summed E-state index contributed by atoms with van der Waals surface area (Å²) in [6, 6.07) is 2.82. The van der Waals surface area contributed by atoms with E-state index >= 15 is 0 Å². The van der Waals surface area contributed by atoms with Crippen LogP contribution in [0.25, 0.3) is 6.08 Å². The molecule has 6 heteroatoms. The van der Waals surface area contributed by atoms with Crippen molar-refractivity contribution in [2.24, 2.45) is 0 Å². The number of amides is 1. The molecule has 0 unspecified atom stereocenters. The van der Waals surface area contributed by atoms with Crippen LogP contribution >= 0.6 is 23.2 Å². The first-order chi connectivity index (χ1) is 8.36. The van der Waals surface area contributed by atoms with Crippen LogP contribution < -0.4 is 5.32 Å². The van der Waals surface area contributed by atoms with Gasteiger partial charge in [0.1, 0.15) is 0 Å². The lowest BCUT2D eigenvalue weighted by molar-refractivity contribution is -0.121. The van der Waals surface area contributed by atoms with E-state index in [1.54, 1.807) is 0 Å². The lowest BCUT2D eigenvalue weighted by Gasteiger charge is -2.05. The number of ketones is 1. The molecule has 0 radical (unpaired) electrons. The molecule has 0 aliphatic rings. The Hall–Kier alpha value is -1.52. The summed E-state index contributed by atoms with van der Waals surface area (Å²) in [7, 11) is 1.43. The predicted octanol–water partition coefficient (Wildman–Crippen LogP) is 2.42. The second-order valence-corrected chi connectivity index (χ2v) is 4.34. The first kappa shape index (κ1) is 14.5. The standard InChI is InChI=1S/C12H11Cl2NO3/c1-6(16)8(12(18)15-2)3-7-4-9(13)11(17)10(14)5-7/h3-5,17H,1-2H3,(H,15,18)/b8-3-. The van der Waals surface area contributed by atoms with E-state index in [1.807, 2.05) is 0 Å². The van der Waals surface area contributed by atoms with Crippen LogP contribution in [0.15, 0.2) is 17.7 Å². The van der Waals surface area contributed by atoms with Gasteiger partial charge in [-0.1, -0.05) is 23.2 Å². The van der Waals surface area contributed by atoms with Crippen LogP contribution in [0, 0.1) is 0 Å². The summed E-state index contributed by atoms with van der Waals surface area (Å²) < 4.78 is 0. The van der Waals surface area contributed by atoms with Gasteiger partial charge in [-0.15, -0.1) is 0 Å². The van der Waals surface area contributed by atoms with Crippen molar-refractivity contribution >= 4 is 41.0 Å². The van der Waals surface area contributed by atoms with Crippen LogP contribution in [-0.2, 0) is 9.59 Å². The molecule has 0 aromatic heterocycles. The second-order valence-electron chi connectivity index (χ2n) is 3.53. The summed E-state index contributed by atoms with van der Waals surface area (Å²) in [6.07, 6.45) is 1.36. The Balaban J connectivity index is 3.29. The molecular weight excluding hydrogens is 277 g/mol. The van der Waals surface area contributed by atoms with Gasteiger partial charge in [0.2, 0.25) is 0 Å². The van der Waals surface area contributed by atoms with E-state index in [0.717, 1.165) is 0 Å². The number of Topliss-reactive ketones (excluding diaryl/α,β-unsaturated/α-hetero) is 1. The number of aromatic hydroxyl groups is 1. The summed E-state index contributed by atoms with van der Waals surface area (Å²) in [5, 5.41) is 11.9. The molecule has 0 aliphatic heterocycles. The van der Waals surface area contributed by atoms with E-state index < -0.39 is 5.91 Å². The van der Waals surface area contributed by atoms with Gasteiger partial charge in [0.25, 0.3) is 5.91 Å². The molecule has 0 fully saturated rings. The summed E-state index contributed by atoms with van der Waals surface area (Å²) >= 11 is 11.5. The van der Waals surface area contributed by atoms with Crippen molar-refractivity contribution in [3.05, 3.63) is 33.3 Å². The smallest absolute Gasteiger partial charge is 0.254 e. The third-order valence-electron chi connectivity index (χ3n) is 2.20. The third kappa shape index (κ3) is 3.24. The van der Waals surface area contributed by atoms with E-state index in [4.69, 9.17) is 23.2 Å². The van der Waals surface area contributed by atoms with E-state index in [0.29, 0.717) is 5.56 Å². The lowest BCUT2D eigenvalue weighted by atomic mass is 10.1. The van der Waals surface area contributed by atoms with Gasteiger partial charge in [-0.25, -0.2) is 0 Å². The molecule has 4 nitrogen and oxygen atoms in total. The van der Waals surface area contributed by atoms with Crippen LogP contribution in [0.2, 0.25) is 10.0 Å². The fraction of sp³-hybridized carbons (Fsp3) is 0.167. The third-order valence-corrected chi connectivity index (χ3v) is 2.78. The highest BCUT2D eigenvalue weighted by Gasteiger charge is 2.13. The highest BCUT2D eigenvalue weighted by molar-refractivity contribution is 6.37. The molecule has 0 aliphatic carbocycles. The van der Waals surface area contributed by atoms with Crippen molar-refractivity contribution in [1.82, 2.24) is 5.32 Å². The van der Waals surface area contributed by atoms with E-state index in [9.17, 15) is 14.7 Å². The molecule has 1 aromatic rings. The Morgan fingerprint density at radius 3 is 2.17 bits per heavy atom. The van der Waals surface area contributed by atoms with E-state index in [2.05, 4.69) is 5.32 Å². The van der Waals surface area contributed by atoms with Gasteiger partial charge >= 0.3 is 0 Å². The normalized spacial score (nSPS) is 11.2. The SMILES string of the molecule is CNC(=O)/C(=C\c1cc(Cl)c(O)c(Cl)c1)C(C)=O. The zero-order chi connectivity index (χ0) is 13.9. The zero-order valence-electron chi connectivity index (χ0n) is 9.75. The van der Waals surface area contributed by atoms with Crippen molar-refractivity contribution in [3.8, 4) is 5.75 Å². The predicted molar refractivity (Wildman–Crippen MR) is 70.9 cm³/mol. The number of phenolic OH excluding ortho intramolecular Hbond substituents is 1. The van der Waals surface area contributed by atoms with Gasteiger partial charge in [-0.05, 0) is 30.7 Å².